The van der Waals surface area contributed by atoms with E-state index in [-0.39, 0.29) is 11.5 Å². The van der Waals surface area contributed by atoms with Crippen LogP contribution in [0, 0.1) is 0 Å². The van der Waals surface area contributed by atoms with E-state index in [0.29, 0.717) is 11.1 Å². The second-order valence-corrected chi connectivity index (χ2v) is 7.72. The van der Waals surface area contributed by atoms with Crippen molar-refractivity contribution in [3.8, 4) is 5.69 Å². The molecule has 0 saturated carbocycles. The summed E-state index contributed by atoms with van der Waals surface area (Å²) in [5.41, 5.74) is 2.06. The summed E-state index contributed by atoms with van der Waals surface area (Å²) in [4.78, 5) is 0. The van der Waals surface area contributed by atoms with E-state index in [1.807, 2.05) is 36.4 Å². The molecule has 0 aliphatic heterocycles. The van der Waals surface area contributed by atoms with E-state index >= 15 is 0 Å². The molecule has 1 atom stereocenters. The van der Waals surface area contributed by atoms with Crippen molar-refractivity contribution < 1.29 is 13.5 Å². The van der Waals surface area contributed by atoms with E-state index in [9.17, 15) is 13.5 Å². The van der Waals surface area contributed by atoms with Crippen LogP contribution in [-0.2, 0) is 15.6 Å². The van der Waals surface area contributed by atoms with E-state index in [1.54, 1.807) is 41.3 Å². The molecule has 0 aliphatic carbocycles. The summed E-state index contributed by atoms with van der Waals surface area (Å²) in [6.45, 7) is 0. The summed E-state index contributed by atoms with van der Waals surface area (Å²) in [6, 6.07) is 18.3. The summed E-state index contributed by atoms with van der Waals surface area (Å²) in [5, 5.41) is 14.3. The van der Waals surface area contributed by atoms with Crippen LogP contribution in [0.5, 0.6) is 0 Å². The zero-order chi connectivity index (χ0) is 17.0. The van der Waals surface area contributed by atoms with Gasteiger partial charge in [0.2, 0.25) is 0 Å². The Labute approximate surface area is 141 Å². The first kappa shape index (κ1) is 16.4. The fourth-order valence-corrected chi connectivity index (χ4v) is 3.93. The maximum Gasteiger partial charge on any atom is 0.157 e. The summed E-state index contributed by atoms with van der Waals surface area (Å²) in [7, 11) is -3.45. The molecule has 6 heteroatoms. The lowest BCUT2D eigenvalue weighted by Gasteiger charge is -2.11. The molecular weight excluding hydrogens is 324 g/mol. The van der Waals surface area contributed by atoms with Crippen molar-refractivity contribution in [2.75, 3.05) is 5.75 Å². The molecule has 0 amide bonds. The van der Waals surface area contributed by atoms with E-state index in [2.05, 4.69) is 5.10 Å². The van der Waals surface area contributed by atoms with Gasteiger partial charge < -0.3 is 5.11 Å². The van der Waals surface area contributed by atoms with Gasteiger partial charge in [-0.1, -0.05) is 48.5 Å². The van der Waals surface area contributed by atoms with Crippen LogP contribution >= 0.6 is 0 Å². The highest BCUT2D eigenvalue weighted by atomic mass is 32.2. The van der Waals surface area contributed by atoms with Crippen LogP contribution < -0.4 is 0 Å². The van der Waals surface area contributed by atoms with Crippen molar-refractivity contribution in [3.63, 3.8) is 0 Å². The van der Waals surface area contributed by atoms with Gasteiger partial charge in [0, 0.05) is 11.8 Å². The lowest BCUT2D eigenvalue weighted by Crippen LogP contribution is -2.16. The largest absolute Gasteiger partial charge is 0.387 e. The number of rotatable bonds is 6. The predicted octanol–water partition coefficient (Wildman–Crippen LogP) is 2.52. The Balaban J connectivity index is 1.70. The topological polar surface area (TPSA) is 72.2 Å². The summed E-state index contributed by atoms with van der Waals surface area (Å²) in [5.74, 6) is -0.461. The highest BCUT2D eigenvalue weighted by Gasteiger charge is 2.20. The van der Waals surface area contributed by atoms with Gasteiger partial charge in [-0.3, -0.25) is 0 Å². The minimum Gasteiger partial charge on any atom is -0.387 e. The van der Waals surface area contributed by atoms with Gasteiger partial charge in [-0.15, -0.1) is 0 Å². The van der Waals surface area contributed by atoms with Gasteiger partial charge in [-0.2, -0.15) is 5.10 Å². The van der Waals surface area contributed by atoms with Crippen LogP contribution in [0.15, 0.2) is 73.1 Å². The second-order valence-electron chi connectivity index (χ2n) is 5.61. The maximum absolute atomic E-state index is 12.3. The van der Waals surface area contributed by atoms with Crippen LogP contribution in [0.3, 0.4) is 0 Å². The molecule has 5 nitrogen and oxygen atoms in total. The molecule has 1 N–H and O–H groups in total. The van der Waals surface area contributed by atoms with Crippen molar-refractivity contribution >= 4 is 9.84 Å². The number of hydrogen-bond donors (Lipinski definition) is 1. The molecule has 1 aromatic heterocycles. The van der Waals surface area contributed by atoms with E-state index in [1.165, 1.54) is 0 Å². The van der Waals surface area contributed by atoms with Gasteiger partial charge >= 0.3 is 0 Å². The first-order valence-corrected chi connectivity index (χ1v) is 9.38. The molecule has 124 valence electrons. The number of para-hydroxylation sites is 1. The number of aliphatic hydroxyl groups is 1. The standard InChI is InChI=1S/C18H18N2O3S/c21-18(16-7-3-1-4-8-16)14-24(22,23)13-15-11-19-20(12-15)17-9-5-2-6-10-17/h1-12,18,21H,13-14H2. The molecule has 3 rings (SSSR count). The molecule has 1 unspecified atom stereocenters. The molecule has 0 bridgehead atoms. The Kier molecular flexibility index (Phi) is 4.78. The van der Waals surface area contributed by atoms with E-state index < -0.39 is 15.9 Å². The van der Waals surface area contributed by atoms with Crippen LogP contribution in [0.25, 0.3) is 5.69 Å². The van der Waals surface area contributed by atoms with Crippen LogP contribution in [-0.4, -0.2) is 29.1 Å². The van der Waals surface area contributed by atoms with Crippen LogP contribution in [0.4, 0.5) is 0 Å². The van der Waals surface area contributed by atoms with Crippen LogP contribution in [0.2, 0.25) is 0 Å². The highest BCUT2D eigenvalue weighted by Crippen LogP contribution is 2.17. The van der Waals surface area contributed by atoms with Gasteiger partial charge in [-0.05, 0) is 17.7 Å². The molecule has 1 heterocycles. The second kappa shape index (κ2) is 6.98. The lowest BCUT2D eigenvalue weighted by molar-refractivity contribution is 0.201. The highest BCUT2D eigenvalue weighted by molar-refractivity contribution is 7.90. The normalized spacial score (nSPS) is 12.9. The van der Waals surface area contributed by atoms with Crippen molar-refractivity contribution in [2.45, 2.75) is 11.9 Å². The Hall–Kier alpha value is -2.44. The monoisotopic (exact) mass is 342 g/mol. The minimum atomic E-state index is -3.45. The number of hydrogen-bond acceptors (Lipinski definition) is 4. The third kappa shape index (κ3) is 4.10. The summed E-state index contributed by atoms with van der Waals surface area (Å²) >= 11 is 0. The number of aromatic nitrogens is 2. The van der Waals surface area contributed by atoms with Gasteiger partial charge in [0.1, 0.15) is 0 Å². The number of aliphatic hydroxyl groups excluding tert-OH is 1. The molecule has 0 fully saturated rings. The van der Waals surface area contributed by atoms with Gasteiger partial charge in [-0.25, -0.2) is 13.1 Å². The Morgan fingerprint density at radius 3 is 2.29 bits per heavy atom. The molecule has 0 radical (unpaired) electrons. The zero-order valence-electron chi connectivity index (χ0n) is 13.0. The van der Waals surface area contributed by atoms with Crippen molar-refractivity contribution in [1.29, 1.82) is 0 Å². The Morgan fingerprint density at radius 2 is 1.62 bits per heavy atom. The van der Waals surface area contributed by atoms with Crippen molar-refractivity contribution in [2.24, 2.45) is 0 Å². The molecule has 3 aromatic rings. The smallest absolute Gasteiger partial charge is 0.157 e. The minimum absolute atomic E-state index is 0.149. The van der Waals surface area contributed by atoms with Gasteiger partial charge in [0.05, 0.1) is 29.5 Å². The first-order valence-electron chi connectivity index (χ1n) is 7.56. The van der Waals surface area contributed by atoms with Gasteiger partial charge in [0.15, 0.2) is 9.84 Å². The van der Waals surface area contributed by atoms with Crippen molar-refractivity contribution in [3.05, 3.63) is 84.2 Å². The molecule has 24 heavy (non-hydrogen) atoms. The van der Waals surface area contributed by atoms with Crippen molar-refractivity contribution in [1.82, 2.24) is 9.78 Å². The maximum atomic E-state index is 12.3. The molecule has 0 aliphatic rings. The Bertz CT molecular complexity index is 890. The van der Waals surface area contributed by atoms with Crippen LogP contribution in [0.1, 0.15) is 17.2 Å². The number of nitrogens with zero attached hydrogens (tertiary/aromatic N) is 2. The summed E-state index contributed by atoms with van der Waals surface area (Å²) in [6.07, 6.45) is 2.21. The third-order valence-corrected chi connectivity index (χ3v) is 5.24. The average Bonchev–Trinajstić information content (AvgIpc) is 3.03. The van der Waals surface area contributed by atoms with Gasteiger partial charge in [0.25, 0.3) is 0 Å². The fraction of sp³-hybridized carbons (Fsp3) is 0.167. The number of sulfone groups is 1. The average molecular weight is 342 g/mol. The fourth-order valence-electron chi connectivity index (χ4n) is 2.48. The van der Waals surface area contributed by atoms with E-state index in [4.69, 9.17) is 0 Å². The zero-order valence-corrected chi connectivity index (χ0v) is 13.8. The molecule has 0 spiro atoms. The first-order chi connectivity index (χ1) is 11.5. The molecule has 0 saturated heterocycles. The molecule has 2 aromatic carbocycles. The Morgan fingerprint density at radius 1 is 1.00 bits per heavy atom. The predicted molar refractivity (Wildman–Crippen MR) is 92.5 cm³/mol. The quantitative estimate of drug-likeness (QED) is 0.747. The lowest BCUT2D eigenvalue weighted by atomic mass is 10.1. The SMILES string of the molecule is O=S(=O)(Cc1cnn(-c2ccccc2)c1)CC(O)c1ccccc1. The third-order valence-electron chi connectivity index (χ3n) is 3.64. The summed E-state index contributed by atoms with van der Waals surface area (Å²) < 4.78 is 26.3. The number of benzene rings is 2. The molecular formula is C18H18N2O3S. The van der Waals surface area contributed by atoms with E-state index in [0.717, 1.165) is 5.69 Å².